The maximum atomic E-state index is 13.5. The maximum Gasteiger partial charge on any atom is 0.472 e. The SMILES string of the molecule is CC\C=C/C=C/C=C/C=C\C=C\C=C\CCCCCC(=O)OC(/C=C\CCCCCCCCCCC)C(COP(=O)(O)OCC[N+](C)(C)C)NC(=O)CCCCCCCCCCCC/C=C\C/C=C\C/C=C\CCCCC. The summed E-state index contributed by atoms with van der Waals surface area (Å²) in [5.41, 5.74) is 0. The Morgan fingerprint density at radius 1 is 0.481 bits per heavy atom. The maximum absolute atomic E-state index is 13.5. The van der Waals surface area contributed by atoms with Gasteiger partial charge < -0.3 is 19.4 Å². The van der Waals surface area contributed by atoms with Crippen LogP contribution in [0.3, 0.4) is 0 Å². The lowest BCUT2D eigenvalue weighted by Crippen LogP contribution is -2.47. The largest absolute Gasteiger partial charge is 0.472 e. The number of carbonyl (C=O) groups is 2. The highest BCUT2D eigenvalue weighted by Crippen LogP contribution is 2.43. The Kier molecular flexibility index (Phi) is 53.1. The third-order valence-corrected chi connectivity index (χ3v) is 14.0. The van der Waals surface area contributed by atoms with Crippen LogP contribution in [0.4, 0.5) is 0 Å². The van der Waals surface area contributed by atoms with Crippen LogP contribution in [0.15, 0.2) is 122 Å². The Labute approximate surface area is 473 Å². The Morgan fingerprint density at radius 3 is 1.40 bits per heavy atom. The van der Waals surface area contributed by atoms with Crippen LogP contribution in [-0.2, 0) is 27.9 Å². The number of hydrogen-bond donors (Lipinski definition) is 2. The first-order valence-corrected chi connectivity index (χ1v) is 32.4. The normalized spacial score (nSPS) is 14.5. The predicted molar refractivity (Wildman–Crippen MR) is 332 cm³/mol. The van der Waals surface area contributed by atoms with Gasteiger partial charge in [-0.15, -0.1) is 0 Å². The summed E-state index contributed by atoms with van der Waals surface area (Å²) < 4.78 is 30.6. The number of ether oxygens (including phenoxy) is 1. The topological polar surface area (TPSA) is 111 Å². The van der Waals surface area contributed by atoms with E-state index in [0.717, 1.165) is 89.9 Å². The average Bonchev–Trinajstić information content (AvgIpc) is 3.39. The lowest BCUT2D eigenvalue weighted by Gasteiger charge is -2.27. The molecule has 9 nitrogen and oxygen atoms in total. The van der Waals surface area contributed by atoms with E-state index in [1.54, 1.807) is 0 Å². The molecule has 0 bridgehead atoms. The summed E-state index contributed by atoms with van der Waals surface area (Å²) in [6.45, 7) is 6.79. The molecule has 0 aliphatic rings. The molecule has 10 heteroatoms. The summed E-state index contributed by atoms with van der Waals surface area (Å²) in [5.74, 6) is -0.569. The van der Waals surface area contributed by atoms with Crippen LogP contribution in [0.5, 0.6) is 0 Å². The van der Waals surface area contributed by atoms with Crippen LogP contribution in [0.1, 0.15) is 239 Å². The molecule has 0 saturated heterocycles. The highest BCUT2D eigenvalue weighted by Gasteiger charge is 2.30. The molecule has 0 aliphatic heterocycles. The molecule has 3 atom stereocenters. The summed E-state index contributed by atoms with van der Waals surface area (Å²) >= 11 is 0. The molecule has 1 amide bonds. The van der Waals surface area contributed by atoms with Gasteiger partial charge in [-0.05, 0) is 89.5 Å². The van der Waals surface area contributed by atoms with Crippen molar-refractivity contribution in [1.82, 2.24) is 5.32 Å². The second-order valence-corrected chi connectivity index (χ2v) is 23.1. The Balaban J connectivity index is 5.27. The van der Waals surface area contributed by atoms with Gasteiger partial charge in [0.1, 0.15) is 19.3 Å². The van der Waals surface area contributed by atoms with E-state index in [1.807, 2.05) is 94.1 Å². The second kappa shape index (κ2) is 55.7. The fourth-order valence-corrected chi connectivity index (χ4v) is 9.01. The molecule has 0 aromatic rings. The van der Waals surface area contributed by atoms with Crippen molar-refractivity contribution in [1.29, 1.82) is 0 Å². The van der Waals surface area contributed by atoms with E-state index < -0.39 is 20.0 Å². The molecule has 0 fully saturated rings. The van der Waals surface area contributed by atoms with E-state index in [2.05, 4.69) is 74.7 Å². The van der Waals surface area contributed by atoms with Gasteiger partial charge in [-0.1, -0.05) is 258 Å². The van der Waals surface area contributed by atoms with Gasteiger partial charge in [-0.3, -0.25) is 18.6 Å². The van der Waals surface area contributed by atoms with E-state index in [9.17, 15) is 19.0 Å². The fourth-order valence-electron chi connectivity index (χ4n) is 8.27. The molecule has 0 heterocycles. The van der Waals surface area contributed by atoms with Crippen molar-refractivity contribution in [3.63, 3.8) is 0 Å². The third-order valence-electron chi connectivity index (χ3n) is 13.0. The number of allylic oxidation sites excluding steroid dienone is 19. The van der Waals surface area contributed by atoms with Gasteiger partial charge >= 0.3 is 13.8 Å². The van der Waals surface area contributed by atoms with Crippen molar-refractivity contribution in [3.05, 3.63) is 122 Å². The molecule has 0 spiro atoms. The van der Waals surface area contributed by atoms with Crippen molar-refractivity contribution in [2.24, 2.45) is 0 Å². The minimum Gasteiger partial charge on any atom is -0.456 e. The number of carbonyl (C=O) groups excluding carboxylic acids is 2. The number of phosphoric ester groups is 1. The average molecular weight is 1090 g/mol. The van der Waals surface area contributed by atoms with E-state index in [-0.39, 0.29) is 31.5 Å². The van der Waals surface area contributed by atoms with Gasteiger partial charge in [-0.2, -0.15) is 0 Å². The van der Waals surface area contributed by atoms with E-state index in [4.69, 9.17) is 13.8 Å². The van der Waals surface area contributed by atoms with Crippen molar-refractivity contribution in [3.8, 4) is 0 Å². The van der Waals surface area contributed by atoms with Crippen LogP contribution < -0.4 is 5.32 Å². The van der Waals surface area contributed by atoms with Gasteiger partial charge in [-0.25, -0.2) is 4.57 Å². The van der Waals surface area contributed by atoms with Gasteiger partial charge in [0.15, 0.2) is 0 Å². The number of phosphoric acid groups is 1. The first-order valence-electron chi connectivity index (χ1n) is 30.9. The number of hydrogen-bond acceptors (Lipinski definition) is 6. The number of amides is 1. The standard InChI is InChI=1S/C67H115N2O7P/c1-7-10-13-16-19-22-25-27-29-31-32-33-34-35-36-38-39-41-44-47-50-53-56-59-66(70)68-64(63-75-77(72,73)74-62-61-69(4,5)6)65(58-55-52-49-46-43-24-21-18-15-12-9-3)76-67(71)60-57-54-51-48-45-42-40-37-30-28-26-23-20-17-14-11-8-2/h11,14,17,19-20,22-23,26-30,32-33,37,40,42,45,55,58,64-65H,7-10,12-13,15-16,18,21,24-25,31,34-36,38-39,41,43-44,46-54,56-57,59-63H2,1-6H3,(H-,68,70,72,73)/p+1/b14-11-,20-17+,22-19-,26-23+,29-27-,30-28-,33-32-,40-37+,45-42+,58-55-. The lowest BCUT2D eigenvalue weighted by molar-refractivity contribution is -0.870. The second-order valence-electron chi connectivity index (χ2n) is 21.6. The van der Waals surface area contributed by atoms with Crippen molar-refractivity contribution in [2.45, 2.75) is 251 Å². The number of likely N-dealkylation sites (N-methyl/N-ethyl adjacent to an activating group) is 1. The smallest absolute Gasteiger partial charge is 0.456 e. The van der Waals surface area contributed by atoms with Gasteiger partial charge in [0, 0.05) is 12.8 Å². The molecular formula is C67H116N2O7P+. The molecule has 0 rings (SSSR count). The molecular weight excluding hydrogens is 976 g/mol. The van der Waals surface area contributed by atoms with E-state index in [1.165, 1.54) is 109 Å². The van der Waals surface area contributed by atoms with Crippen LogP contribution in [0.2, 0.25) is 0 Å². The first kappa shape index (κ1) is 73.4. The zero-order chi connectivity index (χ0) is 56.4. The van der Waals surface area contributed by atoms with E-state index >= 15 is 0 Å². The molecule has 2 N–H and O–H groups in total. The molecule has 0 aromatic carbocycles. The molecule has 0 aliphatic carbocycles. The Bertz CT molecular complexity index is 1730. The molecule has 0 radical (unpaired) electrons. The minimum atomic E-state index is -4.47. The van der Waals surface area contributed by atoms with Crippen LogP contribution in [-0.4, -0.2) is 74.3 Å². The number of nitrogens with zero attached hydrogens (tertiary/aromatic N) is 1. The summed E-state index contributed by atoms with van der Waals surface area (Å²) in [6.07, 6.45) is 77.7. The van der Waals surface area contributed by atoms with E-state index in [0.29, 0.717) is 23.9 Å². The Morgan fingerprint density at radius 2 is 0.883 bits per heavy atom. The van der Waals surface area contributed by atoms with Crippen molar-refractivity contribution >= 4 is 19.7 Å². The molecule has 3 unspecified atom stereocenters. The highest BCUT2D eigenvalue weighted by atomic mass is 31.2. The number of rotatable bonds is 54. The van der Waals surface area contributed by atoms with Crippen LogP contribution in [0, 0.1) is 0 Å². The van der Waals surface area contributed by atoms with Crippen LogP contribution >= 0.6 is 7.82 Å². The number of esters is 1. The van der Waals surface area contributed by atoms with Crippen molar-refractivity contribution in [2.75, 3.05) is 40.9 Å². The predicted octanol–water partition coefficient (Wildman–Crippen LogP) is 19.1. The summed E-state index contributed by atoms with van der Waals surface area (Å²) in [4.78, 5) is 37.7. The number of nitrogens with one attached hydrogen (secondary N) is 1. The number of quaternary nitrogens is 1. The quantitative estimate of drug-likeness (QED) is 0.0156. The lowest BCUT2D eigenvalue weighted by atomic mass is 10.0. The first-order chi connectivity index (χ1) is 37.4. The zero-order valence-electron chi connectivity index (χ0n) is 50.2. The minimum absolute atomic E-state index is 0.0251. The highest BCUT2D eigenvalue weighted by molar-refractivity contribution is 7.47. The molecule has 0 saturated carbocycles. The number of unbranched alkanes of at least 4 members (excludes halogenated alkanes) is 25. The monoisotopic (exact) mass is 1090 g/mol. The Hall–Kier alpha value is -3.59. The molecule has 0 aromatic heterocycles. The van der Waals surface area contributed by atoms with Gasteiger partial charge in [0.25, 0.3) is 0 Å². The summed E-state index contributed by atoms with van der Waals surface area (Å²) in [7, 11) is 1.45. The molecule has 440 valence electrons. The third kappa shape index (κ3) is 56.9. The molecule has 77 heavy (non-hydrogen) atoms. The summed E-state index contributed by atoms with van der Waals surface area (Å²) in [5, 5.41) is 3.04. The van der Waals surface area contributed by atoms with Crippen molar-refractivity contribution < 1.29 is 37.3 Å². The zero-order valence-corrected chi connectivity index (χ0v) is 51.1. The van der Waals surface area contributed by atoms with Gasteiger partial charge in [0.05, 0.1) is 33.8 Å². The van der Waals surface area contributed by atoms with Gasteiger partial charge in [0.2, 0.25) is 5.91 Å². The fraction of sp³-hybridized carbons (Fsp3) is 0.672. The van der Waals surface area contributed by atoms with Crippen LogP contribution in [0.25, 0.3) is 0 Å². The summed E-state index contributed by atoms with van der Waals surface area (Å²) in [6, 6.07) is -0.877.